The van der Waals surface area contributed by atoms with Gasteiger partial charge in [0, 0.05) is 11.4 Å². The van der Waals surface area contributed by atoms with E-state index in [1.54, 1.807) is 24.3 Å². The van der Waals surface area contributed by atoms with Crippen molar-refractivity contribution in [3.8, 4) is 0 Å². The Morgan fingerprint density at radius 3 is 2.41 bits per heavy atom. The lowest BCUT2D eigenvalue weighted by Gasteiger charge is -2.15. The van der Waals surface area contributed by atoms with Crippen LogP contribution in [0.2, 0.25) is 5.02 Å². The van der Waals surface area contributed by atoms with Crippen LogP contribution in [0, 0.1) is 5.82 Å². The van der Waals surface area contributed by atoms with Gasteiger partial charge in [0.25, 0.3) is 5.91 Å². The van der Waals surface area contributed by atoms with E-state index in [0.29, 0.717) is 10.6 Å². The number of halogens is 2. The number of carbonyl (C=O) groups excluding carboxylic acids is 1. The molecule has 1 atom stereocenters. The third kappa shape index (κ3) is 3.83. The maximum Gasteiger partial charge on any atom is 0.326 e. The monoisotopic (exact) mass is 321 g/mol. The number of aliphatic carboxylic acids is 1. The standard InChI is InChI=1S/C16H13ClFNO3/c17-12-7-3-1-5-10(12)9-14(16(21)22)19-15(20)11-6-2-4-8-13(11)18/h1-8,14H,9H2,(H,19,20)(H,21,22)/t14-/m1/s1. The molecule has 0 aliphatic rings. The number of hydrogen-bond donors (Lipinski definition) is 2. The van der Waals surface area contributed by atoms with Gasteiger partial charge in [-0.15, -0.1) is 0 Å². The van der Waals surface area contributed by atoms with Gasteiger partial charge >= 0.3 is 5.97 Å². The minimum atomic E-state index is -1.22. The number of carboxylic acids is 1. The Hall–Kier alpha value is -2.40. The SMILES string of the molecule is O=C(N[C@H](Cc1ccccc1Cl)C(=O)O)c1ccccc1F. The summed E-state index contributed by atoms with van der Waals surface area (Å²) in [6.07, 6.45) is 0.00913. The average Bonchev–Trinajstić information content (AvgIpc) is 2.49. The highest BCUT2D eigenvalue weighted by Gasteiger charge is 2.23. The van der Waals surface area contributed by atoms with Crippen LogP contribution in [-0.4, -0.2) is 23.0 Å². The second-order valence-corrected chi connectivity index (χ2v) is 5.05. The summed E-state index contributed by atoms with van der Waals surface area (Å²) in [5.74, 6) is -2.70. The molecule has 0 aromatic heterocycles. The molecule has 0 radical (unpaired) electrons. The summed E-state index contributed by atoms with van der Waals surface area (Å²) in [5.41, 5.74) is 0.387. The number of hydrogen-bond acceptors (Lipinski definition) is 2. The van der Waals surface area contributed by atoms with Gasteiger partial charge in [-0.1, -0.05) is 41.9 Å². The van der Waals surface area contributed by atoms with Crippen molar-refractivity contribution >= 4 is 23.5 Å². The van der Waals surface area contributed by atoms with E-state index in [4.69, 9.17) is 11.6 Å². The Morgan fingerprint density at radius 2 is 1.77 bits per heavy atom. The van der Waals surface area contributed by atoms with E-state index in [0.717, 1.165) is 6.07 Å². The zero-order valence-corrected chi connectivity index (χ0v) is 12.2. The van der Waals surface area contributed by atoms with Crippen LogP contribution in [0.15, 0.2) is 48.5 Å². The van der Waals surface area contributed by atoms with Crippen molar-refractivity contribution in [2.24, 2.45) is 0 Å². The zero-order chi connectivity index (χ0) is 16.1. The van der Waals surface area contributed by atoms with Crippen LogP contribution in [0.5, 0.6) is 0 Å². The lowest BCUT2D eigenvalue weighted by Crippen LogP contribution is -2.42. The fourth-order valence-electron chi connectivity index (χ4n) is 1.97. The zero-order valence-electron chi connectivity index (χ0n) is 11.4. The summed E-state index contributed by atoms with van der Waals surface area (Å²) in [4.78, 5) is 23.3. The first kappa shape index (κ1) is 16.0. The smallest absolute Gasteiger partial charge is 0.326 e. The van der Waals surface area contributed by atoms with Crippen LogP contribution in [0.25, 0.3) is 0 Å². The summed E-state index contributed by atoms with van der Waals surface area (Å²) in [6, 6.07) is 10.9. The van der Waals surface area contributed by atoms with E-state index in [2.05, 4.69) is 5.32 Å². The summed E-state index contributed by atoms with van der Waals surface area (Å²) >= 11 is 5.99. The maximum atomic E-state index is 13.6. The van der Waals surface area contributed by atoms with E-state index in [9.17, 15) is 19.1 Å². The van der Waals surface area contributed by atoms with Gasteiger partial charge in [0.1, 0.15) is 11.9 Å². The van der Waals surface area contributed by atoms with Gasteiger partial charge in [0.05, 0.1) is 5.56 Å². The third-order valence-electron chi connectivity index (χ3n) is 3.10. The largest absolute Gasteiger partial charge is 0.480 e. The van der Waals surface area contributed by atoms with Gasteiger partial charge in [0.15, 0.2) is 0 Å². The second-order valence-electron chi connectivity index (χ2n) is 4.64. The maximum absolute atomic E-state index is 13.6. The van der Waals surface area contributed by atoms with E-state index in [1.165, 1.54) is 18.2 Å². The quantitative estimate of drug-likeness (QED) is 0.890. The van der Waals surface area contributed by atoms with Crippen molar-refractivity contribution in [2.45, 2.75) is 12.5 Å². The summed E-state index contributed by atoms with van der Waals surface area (Å²) < 4.78 is 13.6. The Morgan fingerprint density at radius 1 is 1.14 bits per heavy atom. The molecule has 2 N–H and O–H groups in total. The molecule has 0 heterocycles. The molecule has 0 saturated carbocycles. The highest BCUT2D eigenvalue weighted by Crippen LogP contribution is 2.17. The number of carboxylic acid groups (broad SMARTS) is 1. The molecule has 0 unspecified atom stereocenters. The minimum Gasteiger partial charge on any atom is -0.480 e. The highest BCUT2D eigenvalue weighted by molar-refractivity contribution is 6.31. The van der Waals surface area contributed by atoms with Gasteiger partial charge < -0.3 is 10.4 Å². The highest BCUT2D eigenvalue weighted by atomic mass is 35.5. The van der Waals surface area contributed by atoms with Gasteiger partial charge in [0.2, 0.25) is 0 Å². The Bertz CT molecular complexity index is 705. The van der Waals surface area contributed by atoms with Crippen LogP contribution in [0.1, 0.15) is 15.9 Å². The van der Waals surface area contributed by atoms with E-state index < -0.39 is 23.7 Å². The number of benzene rings is 2. The molecule has 6 heteroatoms. The van der Waals surface area contributed by atoms with Crippen molar-refractivity contribution in [3.05, 3.63) is 70.5 Å². The molecule has 22 heavy (non-hydrogen) atoms. The van der Waals surface area contributed by atoms with Gasteiger partial charge in [-0.25, -0.2) is 9.18 Å². The molecule has 2 aromatic rings. The van der Waals surface area contributed by atoms with Crippen LogP contribution in [0.4, 0.5) is 4.39 Å². The average molecular weight is 322 g/mol. The number of carbonyl (C=O) groups is 2. The molecule has 0 aliphatic carbocycles. The fraction of sp³-hybridized carbons (Fsp3) is 0.125. The van der Waals surface area contributed by atoms with Gasteiger partial charge in [-0.2, -0.15) is 0 Å². The molecule has 114 valence electrons. The van der Waals surface area contributed by atoms with Crippen molar-refractivity contribution in [2.75, 3.05) is 0 Å². The van der Waals surface area contributed by atoms with E-state index >= 15 is 0 Å². The van der Waals surface area contributed by atoms with Crippen LogP contribution in [0.3, 0.4) is 0 Å². The number of rotatable bonds is 5. The number of amides is 1. The van der Waals surface area contributed by atoms with Crippen LogP contribution >= 0.6 is 11.6 Å². The summed E-state index contributed by atoms with van der Waals surface area (Å²) in [7, 11) is 0. The number of nitrogens with one attached hydrogen (secondary N) is 1. The Kier molecular flexibility index (Phi) is 5.12. The second kappa shape index (κ2) is 7.04. The van der Waals surface area contributed by atoms with Crippen molar-refractivity contribution in [1.29, 1.82) is 0 Å². The molecule has 4 nitrogen and oxygen atoms in total. The topological polar surface area (TPSA) is 66.4 Å². The summed E-state index contributed by atoms with van der Waals surface area (Å²) in [6.45, 7) is 0. The van der Waals surface area contributed by atoms with Crippen molar-refractivity contribution in [1.82, 2.24) is 5.32 Å². The molecule has 1 amide bonds. The molecule has 2 aromatic carbocycles. The predicted molar refractivity (Wildman–Crippen MR) is 80.4 cm³/mol. The van der Waals surface area contributed by atoms with Crippen molar-refractivity contribution < 1.29 is 19.1 Å². The van der Waals surface area contributed by atoms with Gasteiger partial charge in [-0.3, -0.25) is 4.79 Å². The minimum absolute atomic E-state index is 0.00913. The first-order chi connectivity index (χ1) is 10.5. The molecule has 0 bridgehead atoms. The molecular weight excluding hydrogens is 309 g/mol. The molecule has 0 saturated heterocycles. The van der Waals surface area contributed by atoms with Gasteiger partial charge in [-0.05, 0) is 23.8 Å². The predicted octanol–water partition coefficient (Wildman–Crippen LogP) is 2.90. The first-order valence-electron chi connectivity index (χ1n) is 6.50. The van der Waals surface area contributed by atoms with Crippen molar-refractivity contribution in [3.63, 3.8) is 0 Å². The lowest BCUT2D eigenvalue weighted by molar-refractivity contribution is -0.139. The Balaban J connectivity index is 2.16. The third-order valence-corrected chi connectivity index (χ3v) is 3.47. The molecule has 0 fully saturated rings. The molecular formula is C16H13ClFNO3. The van der Waals surface area contributed by atoms with E-state index in [-0.39, 0.29) is 12.0 Å². The van der Waals surface area contributed by atoms with E-state index in [1.807, 2.05) is 0 Å². The lowest BCUT2D eigenvalue weighted by atomic mass is 10.1. The molecule has 0 spiro atoms. The Labute approximate surface area is 131 Å². The summed E-state index contributed by atoms with van der Waals surface area (Å²) in [5, 5.41) is 12.0. The fourth-order valence-corrected chi connectivity index (χ4v) is 2.18. The normalized spacial score (nSPS) is 11.7. The first-order valence-corrected chi connectivity index (χ1v) is 6.88. The van der Waals surface area contributed by atoms with Crippen LogP contribution in [-0.2, 0) is 11.2 Å². The van der Waals surface area contributed by atoms with Crippen LogP contribution < -0.4 is 5.32 Å². The molecule has 2 rings (SSSR count). The molecule has 0 aliphatic heterocycles.